The molecule has 0 saturated carbocycles. The second-order valence-electron chi connectivity index (χ2n) is 7.74. The molecule has 184 valence electrons. The van der Waals surface area contributed by atoms with Gasteiger partial charge in [0.25, 0.3) is 0 Å². The van der Waals surface area contributed by atoms with Crippen molar-refractivity contribution in [1.82, 2.24) is 5.43 Å². The van der Waals surface area contributed by atoms with E-state index in [1.54, 1.807) is 25.3 Å². The van der Waals surface area contributed by atoms with E-state index in [0.717, 1.165) is 31.0 Å². The molecule has 0 aliphatic heterocycles. The maximum absolute atomic E-state index is 12.6. The monoisotopic (exact) mass is 630 g/mol. The Hall–Kier alpha value is -3.07. The van der Waals surface area contributed by atoms with Crippen LogP contribution in [-0.4, -0.2) is 19.2 Å². The summed E-state index contributed by atoms with van der Waals surface area (Å²) in [6.07, 6.45) is 3.87. The number of amides is 1. The first kappa shape index (κ1) is 26.0. The molecule has 0 saturated heterocycles. The molecule has 0 aliphatic rings. The molecule has 0 unspecified atom stereocenters. The number of nitrogens with zero attached hydrogens (tertiary/aromatic N) is 1. The van der Waals surface area contributed by atoms with Crippen LogP contribution in [-0.2, 0) is 13.0 Å². The van der Waals surface area contributed by atoms with Gasteiger partial charge in [-0.15, -0.1) is 6.58 Å². The number of carbonyl (C=O) groups is 1. The number of carbonyl (C=O) groups excluding carboxylic acids is 1. The zero-order valence-corrected chi connectivity index (χ0v) is 23.1. The third-order valence-electron chi connectivity index (χ3n) is 5.17. The highest BCUT2D eigenvalue weighted by Crippen LogP contribution is 2.34. The van der Waals surface area contributed by atoms with Crippen molar-refractivity contribution in [2.75, 3.05) is 7.11 Å². The summed E-state index contributed by atoms with van der Waals surface area (Å²) < 4.78 is 19.0. The smallest absolute Gasteiger partial charge is 0.307 e. The number of methoxy groups -OCH3 is 1. The molecular formula is C27H21Br2ClN2O4. The van der Waals surface area contributed by atoms with Crippen molar-refractivity contribution >= 4 is 66.6 Å². The molecule has 4 rings (SSSR count). The predicted molar refractivity (Wildman–Crippen MR) is 149 cm³/mol. The zero-order valence-electron chi connectivity index (χ0n) is 19.2. The van der Waals surface area contributed by atoms with E-state index in [9.17, 15) is 4.79 Å². The first-order valence-corrected chi connectivity index (χ1v) is 12.8. The van der Waals surface area contributed by atoms with Crippen LogP contribution in [0.1, 0.15) is 27.2 Å². The fourth-order valence-electron chi connectivity index (χ4n) is 3.53. The summed E-state index contributed by atoms with van der Waals surface area (Å²) in [7, 11) is 1.57. The molecule has 1 aromatic heterocycles. The molecule has 4 aromatic rings. The Bertz CT molecular complexity index is 1450. The van der Waals surface area contributed by atoms with E-state index >= 15 is 0 Å². The number of fused-ring (bicyclic) bond motifs is 1. The molecule has 0 fully saturated rings. The van der Waals surface area contributed by atoms with Crippen LogP contribution < -0.4 is 14.9 Å². The fourth-order valence-corrected chi connectivity index (χ4v) is 4.99. The van der Waals surface area contributed by atoms with E-state index in [4.69, 9.17) is 25.5 Å². The number of furan rings is 1. The third-order valence-corrected chi connectivity index (χ3v) is 6.47. The number of benzene rings is 3. The lowest BCUT2D eigenvalue weighted by Crippen LogP contribution is -2.16. The molecule has 0 radical (unpaired) electrons. The third kappa shape index (κ3) is 6.19. The van der Waals surface area contributed by atoms with Crippen LogP contribution in [0.2, 0.25) is 5.02 Å². The second-order valence-corrected chi connectivity index (χ2v) is 9.94. The van der Waals surface area contributed by atoms with E-state index in [1.807, 2.05) is 42.5 Å². The molecule has 0 atom stereocenters. The summed E-state index contributed by atoms with van der Waals surface area (Å²) in [6.45, 7) is 4.19. The summed E-state index contributed by atoms with van der Waals surface area (Å²) in [6, 6.07) is 16.5. The highest BCUT2D eigenvalue weighted by molar-refractivity contribution is 9.11. The molecule has 3 aromatic carbocycles. The van der Waals surface area contributed by atoms with Crippen molar-refractivity contribution in [2.45, 2.75) is 13.0 Å². The highest BCUT2D eigenvalue weighted by Gasteiger charge is 2.15. The number of nitrogens with one attached hydrogen (secondary N) is 1. The van der Waals surface area contributed by atoms with E-state index in [0.29, 0.717) is 35.1 Å². The minimum Gasteiger partial charge on any atom is -0.493 e. The predicted octanol–water partition coefficient (Wildman–Crippen LogP) is 7.69. The van der Waals surface area contributed by atoms with Crippen molar-refractivity contribution in [1.29, 1.82) is 0 Å². The number of hydrogen-bond acceptors (Lipinski definition) is 5. The van der Waals surface area contributed by atoms with Gasteiger partial charge in [0.05, 0.1) is 17.8 Å². The van der Waals surface area contributed by atoms with Gasteiger partial charge in [0.2, 0.25) is 0 Å². The van der Waals surface area contributed by atoms with Crippen molar-refractivity contribution in [2.24, 2.45) is 5.10 Å². The van der Waals surface area contributed by atoms with Crippen LogP contribution in [0.15, 0.2) is 85.7 Å². The van der Waals surface area contributed by atoms with Crippen LogP contribution in [0.3, 0.4) is 0 Å². The molecule has 6 nitrogen and oxygen atoms in total. The normalized spacial score (nSPS) is 11.1. The average molecular weight is 633 g/mol. The van der Waals surface area contributed by atoms with Gasteiger partial charge in [0.1, 0.15) is 12.2 Å². The van der Waals surface area contributed by atoms with Crippen molar-refractivity contribution < 1.29 is 18.7 Å². The number of ether oxygens (including phenoxy) is 2. The SMILES string of the molecule is C=CCc1cc(/C=N\NC(=O)c2cc3cc(Br)cc(Br)c3o2)cc(OC)c1OCc1ccc(Cl)cc1. The van der Waals surface area contributed by atoms with Gasteiger partial charge < -0.3 is 13.9 Å². The average Bonchev–Trinajstić information content (AvgIpc) is 3.29. The first-order chi connectivity index (χ1) is 17.4. The molecule has 0 spiro atoms. The number of hydrazone groups is 1. The van der Waals surface area contributed by atoms with E-state index in [-0.39, 0.29) is 5.76 Å². The van der Waals surface area contributed by atoms with Crippen LogP contribution >= 0.6 is 43.5 Å². The number of halogens is 3. The van der Waals surface area contributed by atoms with Gasteiger partial charge >= 0.3 is 5.91 Å². The first-order valence-electron chi connectivity index (χ1n) is 10.8. The van der Waals surface area contributed by atoms with Crippen LogP contribution in [0.5, 0.6) is 11.5 Å². The topological polar surface area (TPSA) is 73.1 Å². The van der Waals surface area contributed by atoms with Crippen molar-refractivity contribution in [3.05, 3.63) is 104 Å². The van der Waals surface area contributed by atoms with Crippen molar-refractivity contribution in [3.8, 4) is 11.5 Å². The zero-order chi connectivity index (χ0) is 25.7. The maximum atomic E-state index is 12.6. The molecule has 1 amide bonds. The van der Waals surface area contributed by atoms with E-state index < -0.39 is 5.91 Å². The number of hydrogen-bond donors (Lipinski definition) is 1. The Balaban J connectivity index is 1.51. The number of allylic oxidation sites excluding steroid dienone is 1. The largest absolute Gasteiger partial charge is 0.493 e. The molecular weight excluding hydrogens is 612 g/mol. The molecule has 9 heteroatoms. The van der Waals surface area contributed by atoms with E-state index in [2.05, 4.69) is 49.0 Å². The number of rotatable bonds is 9. The van der Waals surface area contributed by atoms with Gasteiger partial charge in [-0.3, -0.25) is 4.79 Å². The van der Waals surface area contributed by atoms with Gasteiger partial charge in [-0.05, 0) is 75.9 Å². The van der Waals surface area contributed by atoms with Crippen LogP contribution in [0, 0.1) is 0 Å². The summed E-state index contributed by atoms with van der Waals surface area (Å²) in [5.74, 6) is 0.847. The Kier molecular flexibility index (Phi) is 8.51. The standard InChI is InChI=1S/C27H21Br2ClN2O4/c1-3-4-18-9-17(10-23(34-2)26(18)35-15-16-5-7-21(30)8-6-16)14-31-32-27(33)24-12-19-11-20(28)13-22(29)25(19)36-24/h3,5-14H,1,4,15H2,2H3,(H,32,33)/b31-14-. The molecule has 1 N–H and O–H groups in total. The summed E-state index contributed by atoms with van der Waals surface area (Å²) in [4.78, 5) is 12.6. The van der Waals surface area contributed by atoms with Crippen LogP contribution in [0.4, 0.5) is 0 Å². The Morgan fingerprint density at radius 1 is 1.17 bits per heavy atom. The van der Waals surface area contributed by atoms with Gasteiger partial charge in [0, 0.05) is 20.4 Å². The molecule has 0 aliphatic carbocycles. The summed E-state index contributed by atoms with van der Waals surface area (Å²) in [5, 5.41) is 5.55. The summed E-state index contributed by atoms with van der Waals surface area (Å²) in [5.41, 5.74) is 5.66. The quantitative estimate of drug-likeness (QED) is 0.117. The van der Waals surface area contributed by atoms with Crippen molar-refractivity contribution in [3.63, 3.8) is 0 Å². The Morgan fingerprint density at radius 3 is 2.67 bits per heavy atom. The Morgan fingerprint density at radius 2 is 1.94 bits per heavy atom. The highest BCUT2D eigenvalue weighted by atomic mass is 79.9. The van der Waals surface area contributed by atoms with Crippen LogP contribution in [0.25, 0.3) is 11.0 Å². The second kappa shape index (κ2) is 11.8. The van der Waals surface area contributed by atoms with Gasteiger partial charge in [-0.2, -0.15) is 5.10 Å². The molecule has 1 heterocycles. The van der Waals surface area contributed by atoms with Gasteiger partial charge in [0.15, 0.2) is 17.3 Å². The fraction of sp³-hybridized carbons (Fsp3) is 0.111. The minimum absolute atomic E-state index is 0.150. The lowest BCUT2D eigenvalue weighted by Gasteiger charge is -2.16. The van der Waals surface area contributed by atoms with Gasteiger partial charge in [-0.1, -0.05) is 45.7 Å². The minimum atomic E-state index is -0.466. The lowest BCUT2D eigenvalue weighted by molar-refractivity contribution is 0.0929. The lowest BCUT2D eigenvalue weighted by atomic mass is 10.1. The van der Waals surface area contributed by atoms with Gasteiger partial charge in [-0.25, -0.2) is 5.43 Å². The van der Waals surface area contributed by atoms with E-state index in [1.165, 1.54) is 6.21 Å². The molecule has 36 heavy (non-hydrogen) atoms. The Labute approximate surface area is 230 Å². The summed E-state index contributed by atoms with van der Waals surface area (Å²) >= 11 is 12.8. The maximum Gasteiger partial charge on any atom is 0.307 e. The molecule has 0 bridgehead atoms.